The summed E-state index contributed by atoms with van der Waals surface area (Å²) in [5.41, 5.74) is 0.129. The van der Waals surface area contributed by atoms with Crippen LogP contribution in [0.15, 0.2) is 64.4 Å². The third-order valence-electron chi connectivity index (χ3n) is 5.73. The van der Waals surface area contributed by atoms with E-state index in [1.54, 1.807) is 30.3 Å². The van der Waals surface area contributed by atoms with Crippen LogP contribution in [0.3, 0.4) is 0 Å². The van der Waals surface area contributed by atoms with Gasteiger partial charge in [-0.15, -0.1) is 0 Å². The minimum atomic E-state index is -1.14. The van der Waals surface area contributed by atoms with Gasteiger partial charge in [-0.05, 0) is 35.4 Å². The maximum absolute atomic E-state index is 12.7. The van der Waals surface area contributed by atoms with E-state index in [0.717, 1.165) is 0 Å². The van der Waals surface area contributed by atoms with Crippen molar-refractivity contribution in [3.05, 3.63) is 112 Å². The lowest BCUT2D eigenvalue weighted by Gasteiger charge is -2.22. The molecule has 200 valence electrons. The minimum absolute atomic E-state index is 0.0311. The Hall–Kier alpha value is -3.63. The molecule has 0 aliphatic heterocycles. The third kappa shape index (κ3) is 6.51. The predicted molar refractivity (Wildman–Crippen MR) is 152 cm³/mol. The van der Waals surface area contributed by atoms with Crippen molar-refractivity contribution in [2.75, 3.05) is 16.0 Å². The van der Waals surface area contributed by atoms with E-state index in [0.29, 0.717) is 21.2 Å². The molecule has 0 aliphatic carbocycles. The Balaban J connectivity index is 1.51. The summed E-state index contributed by atoms with van der Waals surface area (Å²) in [5.74, 6) is -1.64. The number of nitrogens with one attached hydrogen (secondary N) is 3. The fourth-order valence-corrected chi connectivity index (χ4v) is 4.50. The molecule has 13 heteroatoms. The van der Waals surface area contributed by atoms with Crippen LogP contribution in [0, 0.1) is 0 Å². The quantitative estimate of drug-likeness (QED) is 0.166. The van der Waals surface area contributed by atoms with E-state index in [4.69, 9.17) is 46.4 Å². The second-order valence-electron chi connectivity index (χ2n) is 8.36. The first-order chi connectivity index (χ1) is 18.5. The first kappa shape index (κ1) is 28.4. The summed E-state index contributed by atoms with van der Waals surface area (Å²) in [6.45, 7) is 0.176. The van der Waals surface area contributed by atoms with Gasteiger partial charge in [0.05, 0.1) is 38.2 Å². The number of carboxylic acid groups (broad SMARTS) is 1. The standard InChI is InChI=1S/C26H18Cl4N4O5/c27-15-6-1-12(7-16(15)28)9-32-22-23(25(38)24(22)37)33-19(8-20(35)36)13-2-4-14(5-3-13)26(39)34-21-17(29)10-31-11-18(21)30/h1-7,10-11,19,32-33H,8-9H2,(H,35,36)(H,31,34,39). The van der Waals surface area contributed by atoms with Gasteiger partial charge in [-0.3, -0.25) is 24.2 Å². The number of rotatable bonds is 10. The number of carbonyl (C=O) groups is 2. The summed E-state index contributed by atoms with van der Waals surface area (Å²) in [6, 6.07) is 10.1. The second kappa shape index (κ2) is 12.0. The topological polar surface area (TPSA) is 137 Å². The lowest BCUT2D eigenvalue weighted by atomic mass is 10.0. The maximum Gasteiger partial charge on any atom is 0.305 e. The molecule has 0 radical (unpaired) electrons. The predicted octanol–water partition coefficient (Wildman–Crippen LogP) is 5.78. The van der Waals surface area contributed by atoms with Gasteiger partial charge >= 0.3 is 5.97 Å². The monoisotopic (exact) mass is 606 g/mol. The lowest BCUT2D eigenvalue weighted by Crippen LogP contribution is -2.38. The Morgan fingerprint density at radius 2 is 1.46 bits per heavy atom. The average molecular weight is 608 g/mol. The van der Waals surface area contributed by atoms with Gasteiger partial charge in [-0.1, -0.05) is 64.6 Å². The lowest BCUT2D eigenvalue weighted by molar-refractivity contribution is -0.137. The summed E-state index contributed by atoms with van der Waals surface area (Å²) in [4.78, 5) is 52.7. The van der Waals surface area contributed by atoms with Crippen molar-refractivity contribution in [3.63, 3.8) is 0 Å². The third-order valence-corrected chi connectivity index (χ3v) is 7.04. The van der Waals surface area contributed by atoms with Gasteiger partial charge in [0.1, 0.15) is 11.4 Å². The summed E-state index contributed by atoms with van der Waals surface area (Å²) in [5, 5.41) is 18.9. The highest BCUT2D eigenvalue weighted by atomic mass is 35.5. The van der Waals surface area contributed by atoms with Crippen LogP contribution >= 0.6 is 46.4 Å². The first-order valence-corrected chi connectivity index (χ1v) is 12.8. The number of aliphatic carboxylic acids is 1. The molecule has 9 nitrogen and oxygen atoms in total. The van der Waals surface area contributed by atoms with Crippen LogP contribution in [0.5, 0.6) is 0 Å². The summed E-state index contributed by atoms with van der Waals surface area (Å²) < 4.78 is 0. The van der Waals surface area contributed by atoms with Gasteiger partial charge < -0.3 is 21.1 Å². The molecular weight excluding hydrogens is 590 g/mol. The largest absolute Gasteiger partial charge is 0.481 e. The number of anilines is 3. The zero-order valence-corrected chi connectivity index (χ0v) is 22.8. The van der Waals surface area contributed by atoms with Crippen molar-refractivity contribution in [3.8, 4) is 0 Å². The first-order valence-electron chi connectivity index (χ1n) is 11.2. The Bertz CT molecular complexity index is 1610. The molecule has 0 saturated heterocycles. The van der Waals surface area contributed by atoms with Crippen molar-refractivity contribution in [1.29, 1.82) is 0 Å². The Morgan fingerprint density at radius 1 is 0.821 bits per heavy atom. The number of carboxylic acids is 1. The molecule has 0 bridgehead atoms. The molecule has 1 unspecified atom stereocenters. The molecule has 0 fully saturated rings. The number of hydrogen-bond acceptors (Lipinski definition) is 7. The Kier molecular flexibility index (Phi) is 8.76. The number of pyridine rings is 1. The highest BCUT2D eigenvalue weighted by molar-refractivity contribution is 6.42. The normalized spacial score (nSPS) is 11.7. The number of aromatic nitrogens is 1. The molecule has 1 atom stereocenters. The van der Waals surface area contributed by atoms with E-state index in [2.05, 4.69) is 20.9 Å². The van der Waals surface area contributed by atoms with E-state index in [1.165, 1.54) is 24.5 Å². The fraction of sp³-hybridized carbons (Fsp3) is 0.115. The summed E-state index contributed by atoms with van der Waals surface area (Å²) >= 11 is 24.1. The second-order valence-corrected chi connectivity index (χ2v) is 9.99. The van der Waals surface area contributed by atoms with Crippen molar-refractivity contribution in [2.45, 2.75) is 19.0 Å². The Labute approximate surface area is 241 Å². The van der Waals surface area contributed by atoms with Crippen LogP contribution in [-0.4, -0.2) is 22.0 Å². The number of benzene rings is 2. The summed E-state index contributed by atoms with van der Waals surface area (Å²) in [7, 11) is 0. The van der Waals surface area contributed by atoms with E-state index >= 15 is 0 Å². The molecule has 0 saturated carbocycles. The summed E-state index contributed by atoms with van der Waals surface area (Å²) in [6.07, 6.45) is 2.27. The van der Waals surface area contributed by atoms with Gasteiger partial charge in [0.15, 0.2) is 0 Å². The van der Waals surface area contributed by atoms with Crippen LogP contribution in [0.25, 0.3) is 0 Å². The molecule has 4 rings (SSSR count). The number of amides is 1. The number of carbonyl (C=O) groups excluding carboxylic acids is 1. The molecule has 0 spiro atoms. The van der Waals surface area contributed by atoms with Gasteiger partial charge in [0.2, 0.25) is 0 Å². The fourth-order valence-electron chi connectivity index (χ4n) is 3.72. The van der Waals surface area contributed by atoms with Gasteiger partial charge in [0.25, 0.3) is 16.8 Å². The average Bonchev–Trinajstić information content (AvgIpc) is 2.91. The highest BCUT2D eigenvalue weighted by Crippen LogP contribution is 2.30. The van der Waals surface area contributed by atoms with Gasteiger partial charge in [-0.25, -0.2) is 0 Å². The molecule has 39 heavy (non-hydrogen) atoms. The highest BCUT2D eigenvalue weighted by Gasteiger charge is 2.25. The van der Waals surface area contributed by atoms with Crippen molar-refractivity contribution in [2.24, 2.45) is 0 Å². The molecule has 1 heterocycles. The molecule has 1 amide bonds. The number of hydrogen-bond donors (Lipinski definition) is 4. The van der Waals surface area contributed by atoms with Crippen LogP contribution in [-0.2, 0) is 11.3 Å². The van der Waals surface area contributed by atoms with Crippen molar-refractivity contribution < 1.29 is 14.7 Å². The molecule has 1 aromatic heterocycles. The molecule has 4 aromatic rings. The molecule has 4 N–H and O–H groups in total. The van der Waals surface area contributed by atoms with Crippen LogP contribution in [0.1, 0.15) is 33.9 Å². The van der Waals surface area contributed by atoms with Gasteiger partial charge in [-0.2, -0.15) is 0 Å². The molecule has 0 aliphatic rings. The minimum Gasteiger partial charge on any atom is -0.481 e. The zero-order chi connectivity index (χ0) is 28.3. The zero-order valence-electron chi connectivity index (χ0n) is 19.7. The van der Waals surface area contributed by atoms with Crippen LogP contribution in [0.4, 0.5) is 17.1 Å². The van der Waals surface area contributed by atoms with Crippen molar-refractivity contribution >= 4 is 75.3 Å². The molecule has 3 aromatic carbocycles. The van der Waals surface area contributed by atoms with Crippen molar-refractivity contribution in [1.82, 2.24) is 4.98 Å². The van der Waals surface area contributed by atoms with E-state index in [9.17, 15) is 24.3 Å². The molecular formula is C26H18Cl4N4O5. The van der Waals surface area contributed by atoms with Crippen LogP contribution in [0.2, 0.25) is 20.1 Å². The number of nitrogens with zero attached hydrogens (tertiary/aromatic N) is 1. The SMILES string of the molecule is O=C(O)CC(Nc1c(NCc2ccc(Cl)c(Cl)c2)c(=O)c1=O)c1ccc(C(=O)Nc2c(Cl)cncc2Cl)cc1. The maximum atomic E-state index is 12.7. The van der Waals surface area contributed by atoms with Gasteiger partial charge in [0, 0.05) is 24.5 Å². The van der Waals surface area contributed by atoms with E-state index < -0.39 is 35.2 Å². The van der Waals surface area contributed by atoms with E-state index in [1.807, 2.05) is 0 Å². The Morgan fingerprint density at radius 3 is 2.08 bits per heavy atom. The smallest absolute Gasteiger partial charge is 0.305 e. The van der Waals surface area contributed by atoms with E-state index in [-0.39, 0.29) is 39.2 Å². The van der Waals surface area contributed by atoms with Crippen LogP contribution < -0.4 is 26.8 Å². The number of halogens is 4.